The number of carbonyl (C=O) groups is 1. The fraction of sp³-hybridized carbons (Fsp3) is 0.105. The Morgan fingerprint density at radius 3 is 2.48 bits per heavy atom. The van der Waals surface area contributed by atoms with E-state index in [0.717, 1.165) is 10.6 Å². The van der Waals surface area contributed by atoms with Crippen LogP contribution in [0.1, 0.15) is 27.8 Å². The van der Waals surface area contributed by atoms with Crippen molar-refractivity contribution in [2.45, 2.75) is 18.0 Å². The molecule has 0 saturated heterocycles. The first-order valence-electron chi connectivity index (χ1n) is 8.27. The summed E-state index contributed by atoms with van der Waals surface area (Å²) in [7, 11) is -3.96. The van der Waals surface area contributed by atoms with E-state index in [9.17, 15) is 13.2 Å². The van der Waals surface area contributed by atoms with Gasteiger partial charge in [0.05, 0.1) is 16.7 Å². The van der Waals surface area contributed by atoms with Gasteiger partial charge >= 0.3 is 0 Å². The van der Waals surface area contributed by atoms with Crippen molar-refractivity contribution < 1.29 is 17.6 Å². The Morgan fingerprint density at radius 2 is 1.78 bits per heavy atom. The highest BCUT2D eigenvalue weighted by Crippen LogP contribution is 2.32. The second kappa shape index (κ2) is 6.57. The number of fused-ring (bicyclic) bond motifs is 1. The zero-order valence-corrected chi connectivity index (χ0v) is 15.2. The highest BCUT2D eigenvalue weighted by Gasteiger charge is 2.37. The fourth-order valence-electron chi connectivity index (χ4n) is 2.89. The zero-order chi connectivity index (χ0) is 19.0. The summed E-state index contributed by atoms with van der Waals surface area (Å²) in [5, 5.41) is 4.19. The Bertz CT molecular complexity index is 1080. The molecular formula is C19H17N3O4S. The number of benzene rings is 2. The van der Waals surface area contributed by atoms with Crippen LogP contribution in [0.25, 0.3) is 0 Å². The van der Waals surface area contributed by atoms with Gasteiger partial charge in [-0.2, -0.15) is 0 Å². The van der Waals surface area contributed by atoms with E-state index >= 15 is 0 Å². The molecule has 2 aromatic carbocycles. The molecule has 0 radical (unpaired) electrons. The maximum atomic E-state index is 13.0. The number of hydrazine groups is 1. The average molecular weight is 383 g/mol. The van der Waals surface area contributed by atoms with Gasteiger partial charge in [0, 0.05) is 5.69 Å². The minimum absolute atomic E-state index is 0.0675. The van der Waals surface area contributed by atoms with E-state index < -0.39 is 22.1 Å². The minimum atomic E-state index is -3.96. The molecule has 0 saturated carbocycles. The largest absolute Gasteiger partial charge is 0.465 e. The first-order chi connectivity index (χ1) is 13.0. The number of carbonyl (C=O) groups excluding carboxylic acids is 1. The van der Waals surface area contributed by atoms with Crippen LogP contribution in [0.5, 0.6) is 0 Å². The number of rotatable bonds is 4. The molecule has 2 N–H and O–H groups in total. The molecule has 8 heteroatoms. The molecule has 1 atom stereocenters. The molecular weight excluding hydrogens is 366 g/mol. The molecule has 1 aromatic heterocycles. The summed E-state index contributed by atoms with van der Waals surface area (Å²) < 4.78 is 31.1. The van der Waals surface area contributed by atoms with Crippen molar-refractivity contribution in [3.63, 3.8) is 0 Å². The summed E-state index contributed by atoms with van der Waals surface area (Å²) in [5.74, 6) is -0.0640. The summed E-state index contributed by atoms with van der Waals surface area (Å²) in [6.45, 7) is 1.87. The monoisotopic (exact) mass is 383 g/mol. The number of amides is 1. The molecule has 0 aliphatic carbocycles. The molecule has 0 fully saturated rings. The Morgan fingerprint density at radius 1 is 1.04 bits per heavy atom. The van der Waals surface area contributed by atoms with Crippen LogP contribution in [0.3, 0.4) is 0 Å². The van der Waals surface area contributed by atoms with Crippen molar-refractivity contribution in [2.24, 2.45) is 0 Å². The van der Waals surface area contributed by atoms with E-state index in [1.54, 1.807) is 48.5 Å². The maximum absolute atomic E-state index is 13.0. The summed E-state index contributed by atoms with van der Waals surface area (Å²) in [6, 6.07) is 16.6. The van der Waals surface area contributed by atoms with Crippen LogP contribution < -0.4 is 10.1 Å². The number of hydrogen-bond acceptors (Lipinski definition) is 5. The third-order valence-corrected chi connectivity index (χ3v) is 5.62. The van der Waals surface area contributed by atoms with Gasteiger partial charge in [-0.25, -0.2) is 13.4 Å². The minimum Gasteiger partial charge on any atom is -0.465 e. The molecule has 1 aliphatic heterocycles. The van der Waals surface area contributed by atoms with E-state index in [0.29, 0.717) is 17.0 Å². The summed E-state index contributed by atoms with van der Waals surface area (Å²) in [4.78, 5) is 15.5. The molecule has 0 bridgehead atoms. The number of hydrogen-bond donors (Lipinski definition) is 2. The van der Waals surface area contributed by atoms with Crippen LogP contribution in [0, 0.1) is 6.92 Å². The number of nitrogens with one attached hydrogen (secondary N) is 2. The highest BCUT2D eigenvalue weighted by molar-refractivity contribution is 7.89. The van der Waals surface area contributed by atoms with Crippen LogP contribution in [-0.4, -0.2) is 19.3 Å². The lowest BCUT2D eigenvalue weighted by molar-refractivity contribution is 0.0609. The van der Waals surface area contributed by atoms with E-state index in [-0.39, 0.29) is 4.90 Å². The van der Waals surface area contributed by atoms with Gasteiger partial charge in [0.1, 0.15) is 5.76 Å². The number of para-hydroxylation sites is 1. The van der Waals surface area contributed by atoms with Crippen molar-refractivity contribution in [1.82, 2.24) is 9.84 Å². The second-order valence-corrected chi connectivity index (χ2v) is 7.85. The highest BCUT2D eigenvalue weighted by atomic mass is 32.2. The fourth-order valence-corrected chi connectivity index (χ4v) is 3.94. The topological polar surface area (TPSA) is 91.7 Å². The van der Waals surface area contributed by atoms with Crippen LogP contribution in [-0.2, 0) is 10.0 Å². The van der Waals surface area contributed by atoms with Crippen LogP contribution in [0.15, 0.2) is 76.2 Å². The van der Waals surface area contributed by atoms with Gasteiger partial charge < -0.3 is 9.73 Å². The Balaban J connectivity index is 1.74. The van der Waals surface area contributed by atoms with Crippen molar-refractivity contribution in [1.29, 1.82) is 0 Å². The van der Waals surface area contributed by atoms with Crippen molar-refractivity contribution in [3.8, 4) is 0 Å². The molecule has 0 spiro atoms. The van der Waals surface area contributed by atoms with Crippen LogP contribution in [0.4, 0.5) is 5.69 Å². The second-order valence-electron chi connectivity index (χ2n) is 6.19. The van der Waals surface area contributed by atoms with Gasteiger partial charge in [0.15, 0.2) is 6.17 Å². The third kappa shape index (κ3) is 3.20. The first kappa shape index (κ1) is 17.3. The smallest absolute Gasteiger partial charge is 0.273 e. The number of sulfonamides is 1. The number of aryl methyl sites for hydroxylation is 1. The molecule has 1 aliphatic rings. The Kier molecular flexibility index (Phi) is 4.21. The molecule has 4 rings (SSSR count). The van der Waals surface area contributed by atoms with E-state index in [1.807, 2.05) is 6.92 Å². The standard InChI is InChI=1S/C19H17N3O4S/c1-13-8-10-14(11-9-13)27(24,25)21-22-18(17-7-4-12-26-17)20-16-6-3-2-5-15(16)19(22)23/h2-12,18,20-21H,1H3/t18-/m0/s1. The first-order valence-corrected chi connectivity index (χ1v) is 9.76. The van der Waals surface area contributed by atoms with Crippen LogP contribution in [0.2, 0.25) is 0 Å². The van der Waals surface area contributed by atoms with Gasteiger partial charge in [0.25, 0.3) is 15.9 Å². The average Bonchev–Trinajstić information content (AvgIpc) is 3.19. The van der Waals surface area contributed by atoms with E-state index in [1.165, 1.54) is 18.4 Å². The number of nitrogens with zero attached hydrogens (tertiary/aromatic N) is 1. The molecule has 138 valence electrons. The Hall–Kier alpha value is -3.10. The van der Waals surface area contributed by atoms with Gasteiger partial charge in [-0.1, -0.05) is 29.8 Å². The summed E-state index contributed by atoms with van der Waals surface area (Å²) in [6.07, 6.45) is 0.650. The van der Waals surface area contributed by atoms with Gasteiger partial charge in [0.2, 0.25) is 0 Å². The predicted octanol–water partition coefficient (Wildman–Crippen LogP) is 3.05. The third-order valence-electron chi connectivity index (χ3n) is 4.29. The van der Waals surface area contributed by atoms with Crippen molar-refractivity contribution in [3.05, 3.63) is 83.8 Å². The van der Waals surface area contributed by atoms with Gasteiger partial charge in [-0.15, -0.1) is 4.83 Å². The molecule has 0 unspecified atom stereocenters. The summed E-state index contributed by atoms with van der Waals surface area (Å²) in [5.41, 5.74) is 1.91. The Labute approximate surface area is 156 Å². The number of furan rings is 1. The van der Waals surface area contributed by atoms with E-state index in [4.69, 9.17) is 4.42 Å². The SMILES string of the molecule is Cc1ccc(S(=O)(=O)NN2C(=O)c3ccccc3N[C@@H]2c2ccco2)cc1. The maximum Gasteiger partial charge on any atom is 0.273 e. The lowest BCUT2D eigenvalue weighted by Crippen LogP contribution is -2.52. The predicted molar refractivity (Wildman–Crippen MR) is 99.2 cm³/mol. The van der Waals surface area contributed by atoms with Crippen molar-refractivity contribution >= 4 is 21.6 Å². The normalized spacial score (nSPS) is 16.7. The quantitative estimate of drug-likeness (QED) is 0.723. The molecule has 27 heavy (non-hydrogen) atoms. The molecule has 3 aromatic rings. The molecule has 2 heterocycles. The van der Waals surface area contributed by atoms with Gasteiger partial charge in [-0.05, 0) is 43.3 Å². The van der Waals surface area contributed by atoms with E-state index in [2.05, 4.69) is 10.1 Å². The number of anilines is 1. The molecule has 7 nitrogen and oxygen atoms in total. The van der Waals surface area contributed by atoms with Crippen molar-refractivity contribution in [2.75, 3.05) is 5.32 Å². The summed E-state index contributed by atoms with van der Waals surface area (Å²) >= 11 is 0. The zero-order valence-electron chi connectivity index (χ0n) is 14.4. The lowest BCUT2D eigenvalue weighted by atomic mass is 10.1. The lowest BCUT2D eigenvalue weighted by Gasteiger charge is -2.36. The van der Waals surface area contributed by atoms with Crippen LogP contribution >= 0.6 is 0 Å². The molecule has 1 amide bonds. The van der Waals surface area contributed by atoms with Gasteiger partial charge in [-0.3, -0.25) is 4.79 Å².